The lowest BCUT2D eigenvalue weighted by Gasteiger charge is -2.16. The quantitative estimate of drug-likeness (QED) is 0.499. The van der Waals surface area contributed by atoms with Gasteiger partial charge in [-0.2, -0.15) is 5.10 Å². The molecule has 2 amide bonds. The van der Waals surface area contributed by atoms with Gasteiger partial charge >= 0.3 is 0 Å². The summed E-state index contributed by atoms with van der Waals surface area (Å²) in [4.78, 5) is 24.7. The molecule has 1 unspecified atom stereocenters. The molecule has 2 aromatic carbocycles. The predicted molar refractivity (Wildman–Crippen MR) is 126 cm³/mol. The number of nitrogens with one attached hydrogen (secondary N) is 2. The van der Waals surface area contributed by atoms with Crippen molar-refractivity contribution in [3.63, 3.8) is 0 Å². The molecule has 3 rings (SSSR count). The largest absolute Gasteiger partial charge is 0.493 e. The number of methoxy groups -OCH3 is 1. The van der Waals surface area contributed by atoms with Crippen LogP contribution in [0, 0.1) is 12.7 Å². The van der Waals surface area contributed by atoms with E-state index >= 15 is 0 Å². The van der Waals surface area contributed by atoms with Gasteiger partial charge in [0.25, 0.3) is 11.8 Å². The molecule has 2 N–H and O–H groups in total. The molecule has 0 saturated heterocycles. The van der Waals surface area contributed by atoms with Gasteiger partial charge in [0.05, 0.1) is 25.0 Å². The molecule has 1 aromatic heterocycles. The van der Waals surface area contributed by atoms with E-state index in [0.717, 1.165) is 16.9 Å². The third kappa shape index (κ3) is 5.92. The fraction of sp³-hybridized carbons (Fsp3) is 0.320. The minimum absolute atomic E-state index is 0.0116. The number of ether oxygens (including phenoxy) is 2. The summed E-state index contributed by atoms with van der Waals surface area (Å²) in [6, 6.07) is 10.5. The summed E-state index contributed by atoms with van der Waals surface area (Å²) in [5, 5.41) is 10.1. The number of halogens is 1. The lowest BCUT2D eigenvalue weighted by atomic mass is 10.1. The van der Waals surface area contributed by atoms with Crippen LogP contribution in [0.4, 0.5) is 4.39 Å². The van der Waals surface area contributed by atoms with Crippen LogP contribution in [0.5, 0.6) is 11.5 Å². The van der Waals surface area contributed by atoms with Crippen molar-refractivity contribution in [2.45, 2.75) is 39.8 Å². The van der Waals surface area contributed by atoms with Crippen LogP contribution in [0.15, 0.2) is 48.7 Å². The van der Waals surface area contributed by atoms with Gasteiger partial charge in [-0.15, -0.1) is 0 Å². The summed E-state index contributed by atoms with van der Waals surface area (Å²) in [6.45, 7) is 7.32. The van der Waals surface area contributed by atoms with Crippen LogP contribution in [-0.4, -0.2) is 41.4 Å². The van der Waals surface area contributed by atoms with Crippen molar-refractivity contribution in [3.05, 3.63) is 71.3 Å². The Morgan fingerprint density at radius 3 is 2.41 bits per heavy atom. The number of aromatic nitrogens is 2. The average molecular weight is 469 g/mol. The van der Waals surface area contributed by atoms with E-state index in [0.29, 0.717) is 17.1 Å². The van der Waals surface area contributed by atoms with Crippen molar-refractivity contribution in [2.24, 2.45) is 0 Å². The standard InChI is InChI=1S/C25H29FN4O4/c1-15(2)28-24(31)14-34-22-11-6-18(12-23(22)33-5)25(32)29-16(3)21-13-27-30(17(21)4)20-9-7-19(26)8-10-20/h6-13,15-16H,14H2,1-5H3,(H,28,31)(H,29,32). The van der Waals surface area contributed by atoms with E-state index in [1.165, 1.54) is 19.2 Å². The zero-order valence-electron chi connectivity index (χ0n) is 19.9. The zero-order valence-corrected chi connectivity index (χ0v) is 19.9. The Morgan fingerprint density at radius 1 is 1.06 bits per heavy atom. The van der Waals surface area contributed by atoms with Gasteiger partial charge in [0, 0.05) is 22.9 Å². The van der Waals surface area contributed by atoms with E-state index in [1.54, 1.807) is 41.2 Å². The van der Waals surface area contributed by atoms with Gasteiger partial charge in [-0.3, -0.25) is 9.59 Å². The first-order valence-corrected chi connectivity index (χ1v) is 10.9. The first kappa shape index (κ1) is 24.8. The van der Waals surface area contributed by atoms with Crippen molar-refractivity contribution in [3.8, 4) is 17.2 Å². The maximum Gasteiger partial charge on any atom is 0.258 e. The molecule has 0 aliphatic carbocycles. The SMILES string of the molecule is COc1cc(C(=O)NC(C)c2cnn(-c3ccc(F)cc3)c2C)ccc1OCC(=O)NC(C)C. The van der Waals surface area contributed by atoms with Crippen molar-refractivity contribution < 1.29 is 23.5 Å². The van der Waals surface area contributed by atoms with Crippen LogP contribution in [0.2, 0.25) is 0 Å². The third-order valence-electron chi connectivity index (χ3n) is 5.17. The normalized spacial score (nSPS) is 11.7. The summed E-state index contributed by atoms with van der Waals surface area (Å²) in [5.41, 5.74) is 2.78. The van der Waals surface area contributed by atoms with Crippen LogP contribution >= 0.6 is 0 Å². The van der Waals surface area contributed by atoms with E-state index in [9.17, 15) is 14.0 Å². The highest BCUT2D eigenvalue weighted by atomic mass is 19.1. The van der Waals surface area contributed by atoms with E-state index < -0.39 is 0 Å². The Hall–Kier alpha value is -3.88. The topological polar surface area (TPSA) is 94.5 Å². The van der Waals surface area contributed by atoms with Gasteiger partial charge in [-0.1, -0.05) is 0 Å². The highest BCUT2D eigenvalue weighted by Gasteiger charge is 2.19. The highest BCUT2D eigenvalue weighted by molar-refractivity contribution is 5.95. The molecule has 0 aliphatic heterocycles. The lowest BCUT2D eigenvalue weighted by molar-refractivity contribution is -0.123. The van der Waals surface area contributed by atoms with Crippen LogP contribution in [0.3, 0.4) is 0 Å². The molecular weight excluding hydrogens is 439 g/mol. The summed E-state index contributed by atoms with van der Waals surface area (Å²) in [5.74, 6) is -0.159. The Bertz CT molecular complexity index is 1160. The maximum atomic E-state index is 13.2. The lowest BCUT2D eigenvalue weighted by Crippen LogP contribution is -2.34. The van der Waals surface area contributed by atoms with Crippen LogP contribution < -0.4 is 20.1 Å². The van der Waals surface area contributed by atoms with E-state index in [-0.39, 0.29) is 36.3 Å². The third-order valence-corrected chi connectivity index (χ3v) is 5.17. The summed E-state index contributed by atoms with van der Waals surface area (Å²) in [6.07, 6.45) is 1.68. The summed E-state index contributed by atoms with van der Waals surface area (Å²) in [7, 11) is 1.47. The number of hydrogen-bond acceptors (Lipinski definition) is 5. The number of benzene rings is 2. The molecule has 1 heterocycles. The molecule has 9 heteroatoms. The van der Waals surface area contributed by atoms with Crippen LogP contribution in [0.1, 0.15) is 48.4 Å². The molecule has 0 fully saturated rings. The van der Waals surface area contributed by atoms with Crippen LogP contribution in [0.25, 0.3) is 5.69 Å². The molecule has 0 saturated carbocycles. The van der Waals surface area contributed by atoms with Gasteiger partial charge in [0.1, 0.15) is 5.82 Å². The highest BCUT2D eigenvalue weighted by Crippen LogP contribution is 2.28. The Morgan fingerprint density at radius 2 is 1.76 bits per heavy atom. The molecule has 0 bridgehead atoms. The van der Waals surface area contributed by atoms with E-state index in [4.69, 9.17) is 9.47 Å². The fourth-order valence-corrected chi connectivity index (χ4v) is 3.48. The number of rotatable bonds is 9. The molecule has 0 radical (unpaired) electrons. The molecule has 3 aromatic rings. The van der Waals surface area contributed by atoms with Gasteiger partial charge in [0.15, 0.2) is 18.1 Å². The molecule has 0 spiro atoms. The molecule has 34 heavy (non-hydrogen) atoms. The minimum Gasteiger partial charge on any atom is -0.493 e. The van der Waals surface area contributed by atoms with Crippen molar-refractivity contribution in [1.82, 2.24) is 20.4 Å². The first-order valence-electron chi connectivity index (χ1n) is 10.9. The van der Waals surface area contributed by atoms with Crippen molar-refractivity contribution >= 4 is 11.8 Å². The predicted octanol–water partition coefficient (Wildman–Crippen LogP) is 3.72. The van der Waals surface area contributed by atoms with Crippen molar-refractivity contribution in [1.29, 1.82) is 0 Å². The number of nitrogens with zero attached hydrogens (tertiary/aromatic N) is 2. The Labute approximate surface area is 198 Å². The molecule has 8 nitrogen and oxygen atoms in total. The summed E-state index contributed by atoms with van der Waals surface area (Å²) >= 11 is 0. The number of amides is 2. The second-order valence-corrected chi connectivity index (χ2v) is 8.15. The van der Waals surface area contributed by atoms with Crippen LogP contribution in [-0.2, 0) is 4.79 Å². The molecule has 0 aliphatic rings. The molecule has 1 atom stereocenters. The maximum absolute atomic E-state index is 13.2. The number of carbonyl (C=O) groups is 2. The van der Waals surface area contributed by atoms with Gasteiger partial charge in [-0.05, 0) is 70.2 Å². The average Bonchev–Trinajstić information content (AvgIpc) is 3.18. The smallest absolute Gasteiger partial charge is 0.258 e. The number of hydrogen-bond donors (Lipinski definition) is 2. The number of carbonyl (C=O) groups excluding carboxylic acids is 2. The second kappa shape index (κ2) is 10.8. The Kier molecular flexibility index (Phi) is 7.88. The second-order valence-electron chi connectivity index (χ2n) is 8.15. The Balaban J connectivity index is 1.69. The van der Waals surface area contributed by atoms with Gasteiger partial charge in [0.2, 0.25) is 0 Å². The summed E-state index contributed by atoms with van der Waals surface area (Å²) < 4.78 is 25.8. The molecular formula is C25H29FN4O4. The molecule has 180 valence electrons. The van der Waals surface area contributed by atoms with Gasteiger partial charge in [-0.25, -0.2) is 9.07 Å². The van der Waals surface area contributed by atoms with Crippen molar-refractivity contribution in [2.75, 3.05) is 13.7 Å². The monoisotopic (exact) mass is 468 g/mol. The van der Waals surface area contributed by atoms with E-state index in [1.807, 2.05) is 27.7 Å². The van der Waals surface area contributed by atoms with Gasteiger partial charge < -0.3 is 20.1 Å². The van der Waals surface area contributed by atoms with E-state index in [2.05, 4.69) is 15.7 Å². The fourth-order valence-electron chi connectivity index (χ4n) is 3.48. The first-order chi connectivity index (χ1) is 16.2. The minimum atomic E-state index is -0.330. The zero-order chi connectivity index (χ0) is 24.8.